The molecule has 0 bridgehead atoms. The van der Waals surface area contributed by atoms with Gasteiger partial charge in [-0.2, -0.15) is 0 Å². The zero-order valence-corrected chi connectivity index (χ0v) is 11.8. The Labute approximate surface area is 110 Å². The number of aromatic nitrogens is 2. The largest absolute Gasteiger partial charge is 0.308 e. The summed E-state index contributed by atoms with van der Waals surface area (Å²) in [6.45, 7) is 5.25. The molecule has 2 rings (SSSR count). The Morgan fingerprint density at radius 1 is 1.35 bits per heavy atom. The zero-order valence-electron chi connectivity index (χ0n) is 10.1. The van der Waals surface area contributed by atoms with Crippen molar-refractivity contribution in [3.8, 4) is 0 Å². The monoisotopic (exact) mass is 267 g/mol. The molecule has 0 aromatic carbocycles. The van der Waals surface area contributed by atoms with E-state index < -0.39 is 0 Å². The van der Waals surface area contributed by atoms with Crippen molar-refractivity contribution in [2.24, 2.45) is 0 Å². The first-order valence-corrected chi connectivity index (χ1v) is 7.59. The van der Waals surface area contributed by atoms with Gasteiger partial charge in [-0.15, -0.1) is 22.7 Å². The number of thiazole rings is 2. The van der Waals surface area contributed by atoms with E-state index in [1.165, 1.54) is 15.6 Å². The number of rotatable bonds is 6. The molecule has 17 heavy (non-hydrogen) atoms. The molecule has 1 N–H and O–H groups in total. The van der Waals surface area contributed by atoms with Gasteiger partial charge in [0.1, 0.15) is 5.01 Å². The molecule has 2 heterocycles. The average Bonchev–Trinajstić information content (AvgIpc) is 2.97. The van der Waals surface area contributed by atoms with E-state index >= 15 is 0 Å². The molecule has 0 saturated carbocycles. The lowest BCUT2D eigenvalue weighted by Gasteiger charge is -2.13. The highest BCUT2D eigenvalue weighted by atomic mass is 32.1. The van der Waals surface area contributed by atoms with Crippen molar-refractivity contribution >= 4 is 22.7 Å². The van der Waals surface area contributed by atoms with Crippen molar-refractivity contribution in [3.63, 3.8) is 0 Å². The predicted octanol–water partition coefficient (Wildman–Crippen LogP) is 3.19. The molecule has 3 nitrogen and oxygen atoms in total. The minimum absolute atomic E-state index is 0.392. The topological polar surface area (TPSA) is 37.8 Å². The molecule has 0 aliphatic heterocycles. The third-order valence-corrected chi connectivity index (χ3v) is 4.63. The van der Waals surface area contributed by atoms with E-state index in [9.17, 15) is 0 Å². The van der Waals surface area contributed by atoms with Gasteiger partial charge in [0.2, 0.25) is 0 Å². The van der Waals surface area contributed by atoms with E-state index in [0.717, 1.165) is 19.4 Å². The lowest BCUT2D eigenvalue weighted by Crippen LogP contribution is -2.23. The normalized spacial score (nSPS) is 12.8. The van der Waals surface area contributed by atoms with E-state index in [1.807, 2.05) is 17.1 Å². The van der Waals surface area contributed by atoms with Crippen molar-refractivity contribution < 1.29 is 0 Å². The molecule has 0 saturated heterocycles. The van der Waals surface area contributed by atoms with E-state index in [1.54, 1.807) is 22.7 Å². The van der Waals surface area contributed by atoms with Crippen LogP contribution in [0.3, 0.4) is 0 Å². The van der Waals surface area contributed by atoms with Crippen LogP contribution in [0.5, 0.6) is 0 Å². The van der Waals surface area contributed by atoms with Crippen LogP contribution in [0.2, 0.25) is 0 Å². The first-order valence-electron chi connectivity index (χ1n) is 5.83. The fraction of sp³-hybridized carbons (Fsp3) is 0.500. The van der Waals surface area contributed by atoms with Crippen LogP contribution in [0.4, 0.5) is 0 Å². The molecule has 1 atom stereocenters. The maximum Gasteiger partial charge on any atom is 0.109 e. The van der Waals surface area contributed by atoms with Crippen molar-refractivity contribution in [2.75, 3.05) is 6.54 Å². The van der Waals surface area contributed by atoms with Crippen LogP contribution in [0.15, 0.2) is 17.1 Å². The second-order valence-electron chi connectivity index (χ2n) is 3.90. The summed E-state index contributed by atoms with van der Waals surface area (Å²) in [5.41, 5.74) is 3.09. The van der Waals surface area contributed by atoms with Gasteiger partial charge in [-0.25, -0.2) is 9.97 Å². The maximum atomic E-state index is 4.37. The fourth-order valence-corrected chi connectivity index (χ4v) is 3.32. The number of hydrogen-bond donors (Lipinski definition) is 1. The molecule has 2 aromatic heterocycles. The van der Waals surface area contributed by atoms with Gasteiger partial charge in [-0.1, -0.05) is 6.92 Å². The van der Waals surface area contributed by atoms with Crippen LogP contribution in [-0.4, -0.2) is 16.5 Å². The van der Waals surface area contributed by atoms with Gasteiger partial charge in [0.25, 0.3) is 0 Å². The Bertz CT molecular complexity index is 436. The van der Waals surface area contributed by atoms with Gasteiger partial charge in [0.05, 0.1) is 17.2 Å². The van der Waals surface area contributed by atoms with Gasteiger partial charge in [-0.05, 0) is 19.8 Å². The quantitative estimate of drug-likeness (QED) is 0.873. The molecular weight excluding hydrogens is 250 g/mol. The Morgan fingerprint density at radius 3 is 2.82 bits per heavy atom. The van der Waals surface area contributed by atoms with E-state index in [2.05, 4.69) is 29.1 Å². The third-order valence-electron chi connectivity index (χ3n) is 2.75. The number of aryl methyl sites for hydroxylation is 1. The van der Waals surface area contributed by atoms with Crippen LogP contribution in [0.1, 0.15) is 35.0 Å². The molecule has 5 heteroatoms. The summed E-state index contributed by atoms with van der Waals surface area (Å²) < 4.78 is 0. The van der Waals surface area contributed by atoms with Crippen molar-refractivity contribution in [1.82, 2.24) is 15.3 Å². The third kappa shape index (κ3) is 3.34. The van der Waals surface area contributed by atoms with Crippen LogP contribution < -0.4 is 5.32 Å². The fourth-order valence-electron chi connectivity index (χ4n) is 1.74. The number of nitrogens with zero attached hydrogens (tertiary/aromatic N) is 2. The van der Waals surface area contributed by atoms with Gasteiger partial charge in [0.15, 0.2) is 0 Å². The van der Waals surface area contributed by atoms with Crippen LogP contribution in [0.25, 0.3) is 0 Å². The first-order chi connectivity index (χ1) is 8.31. The second-order valence-corrected chi connectivity index (χ2v) is 5.76. The molecule has 0 fully saturated rings. The predicted molar refractivity (Wildman–Crippen MR) is 73.7 cm³/mol. The molecule has 0 spiro atoms. The molecule has 92 valence electrons. The Balaban J connectivity index is 1.83. The SMILES string of the molecule is CCC(NCCc1scnc1C)c1nccs1. The highest BCUT2D eigenvalue weighted by Gasteiger charge is 2.11. The lowest BCUT2D eigenvalue weighted by atomic mass is 10.2. The summed E-state index contributed by atoms with van der Waals surface area (Å²) in [6, 6.07) is 0.392. The van der Waals surface area contributed by atoms with E-state index in [-0.39, 0.29) is 0 Å². The van der Waals surface area contributed by atoms with Gasteiger partial charge in [0, 0.05) is 23.0 Å². The van der Waals surface area contributed by atoms with Crippen LogP contribution >= 0.6 is 22.7 Å². The average molecular weight is 267 g/mol. The molecule has 0 aliphatic rings. The highest BCUT2D eigenvalue weighted by molar-refractivity contribution is 7.09. The van der Waals surface area contributed by atoms with Gasteiger partial charge in [-0.3, -0.25) is 0 Å². The Morgan fingerprint density at radius 2 is 2.24 bits per heavy atom. The second kappa shape index (κ2) is 6.23. The maximum absolute atomic E-state index is 4.37. The smallest absolute Gasteiger partial charge is 0.109 e. The van der Waals surface area contributed by atoms with Crippen molar-refractivity contribution in [3.05, 3.63) is 32.7 Å². The summed E-state index contributed by atoms with van der Waals surface area (Å²) in [4.78, 5) is 10.0. The minimum Gasteiger partial charge on any atom is -0.308 e. The lowest BCUT2D eigenvalue weighted by molar-refractivity contribution is 0.521. The molecule has 1 unspecified atom stereocenters. The summed E-state index contributed by atoms with van der Waals surface area (Å²) in [7, 11) is 0. The highest BCUT2D eigenvalue weighted by Crippen LogP contribution is 2.19. The van der Waals surface area contributed by atoms with E-state index in [0.29, 0.717) is 6.04 Å². The summed E-state index contributed by atoms with van der Waals surface area (Å²) in [5.74, 6) is 0. The molecular formula is C12H17N3S2. The van der Waals surface area contributed by atoms with Crippen LogP contribution in [-0.2, 0) is 6.42 Å². The molecule has 2 aromatic rings. The summed E-state index contributed by atoms with van der Waals surface area (Å²) in [6.07, 6.45) is 4.01. The van der Waals surface area contributed by atoms with Crippen molar-refractivity contribution in [1.29, 1.82) is 0 Å². The number of nitrogens with one attached hydrogen (secondary N) is 1. The van der Waals surface area contributed by atoms with Crippen LogP contribution in [0, 0.1) is 6.92 Å². The first kappa shape index (κ1) is 12.7. The Hall–Kier alpha value is -0.780. The number of hydrogen-bond acceptors (Lipinski definition) is 5. The van der Waals surface area contributed by atoms with Gasteiger partial charge >= 0.3 is 0 Å². The molecule has 0 aliphatic carbocycles. The summed E-state index contributed by atoms with van der Waals surface area (Å²) in [5, 5.41) is 6.79. The Kier molecular flexibility index (Phi) is 4.65. The minimum atomic E-state index is 0.392. The van der Waals surface area contributed by atoms with Crippen molar-refractivity contribution in [2.45, 2.75) is 32.7 Å². The zero-order chi connectivity index (χ0) is 12.1. The molecule has 0 radical (unpaired) electrons. The van der Waals surface area contributed by atoms with Gasteiger partial charge < -0.3 is 5.32 Å². The molecule has 0 amide bonds. The standard InChI is InChI=1S/C12H17N3S2/c1-3-10(12-14-6-7-16-12)13-5-4-11-9(2)15-8-17-11/h6-8,10,13H,3-5H2,1-2H3. The summed E-state index contributed by atoms with van der Waals surface area (Å²) >= 11 is 3.47. The van der Waals surface area contributed by atoms with E-state index in [4.69, 9.17) is 0 Å².